The first-order valence-electron chi connectivity index (χ1n) is 11.6. The lowest BCUT2D eigenvalue weighted by molar-refractivity contribution is -0.141. The molecule has 180 valence electrons. The second kappa shape index (κ2) is 8.70. The Morgan fingerprint density at radius 1 is 1.24 bits per heavy atom. The molecule has 2 saturated heterocycles. The Bertz CT molecular complexity index is 968. The smallest absolute Gasteiger partial charge is 0.325 e. The highest BCUT2D eigenvalue weighted by molar-refractivity contribution is 7.13. The van der Waals surface area contributed by atoms with E-state index in [1.54, 1.807) is 4.90 Å². The van der Waals surface area contributed by atoms with Crippen molar-refractivity contribution in [3.63, 3.8) is 0 Å². The number of aryl methyl sites for hydroxylation is 1. The number of hydrogen-bond acceptors (Lipinski definition) is 6. The number of carbonyl (C=O) groups is 4. The number of rotatable bonds is 4. The standard InChI is InChI=1S/C23H33N5O4S/c1-14-9-22(3,4)13-23(10-14)19(31)28(21(32)26-23)11-17(29)27-7-5-16(6-8-27)18(30)25-20-24-15(2)12-33-20/h12,14,16H,5-11,13H2,1-4H3,(H,26,32)(H,24,25,30). The summed E-state index contributed by atoms with van der Waals surface area (Å²) in [6.07, 6.45) is 3.26. The number of nitrogens with zero attached hydrogens (tertiary/aromatic N) is 3. The molecule has 5 amide bonds. The van der Waals surface area contributed by atoms with Crippen molar-refractivity contribution in [3.8, 4) is 0 Å². The van der Waals surface area contributed by atoms with Crippen LogP contribution in [0.2, 0.25) is 0 Å². The summed E-state index contributed by atoms with van der Waals surface area (Å²) in [5.41, 5.74) is -0.0951. The van der Waals surface area contributed by atoms with Crippen molar-refractivity contribution in [2.75, 3.05) is 25.0 Å². The molecule has 2 unspecified atom stereocenters. The molecule has 0 radical (unpaired) electrons. The predicted octanol–water partition coefficient (Wildman–Crippen LogP) is 2.77. The monoisotopic (exact) mass is 475 g/mol. The van der Waals surface area contributed by atoms with E-state index in [4.69, 9.17) is 0 Å². The number of carbonyl (C=O) groups excluding carboxylic acids is 4. The van der Waals surface area contributed by atoms with Crippen molar-refractivity contribution < 1.29 is 19.2 Å². The highest BCUT2D eigenvalue weighted by Crippen LogP contribution is 2.46. The lowest BCUT2D eigenvalue weighted by atomic mass is 9.64. The predicted molar refractivity (Wildman–Crippen MR) is 125 cm³/mol. The molecule has 2 aliphatic heterocycles. The summed E-state index contributed by atoms with van der Waals surface area (Å²) in [5.74, 6) is -0.501. The molecule has 1 saturated carbocycles. The zero-order valence-corrected chi connectivity index (χ0v) is 20.6. The zero-order valence-electron chi connectivity index (χ0n) is 19.8. The maximum absolute atomic E-state index is 13.3. The number of imide groups is 1. The minimum absolute atomic E-state index is 0.0551. The van der Waals surface area contributed by atoms with Crippen LogP contribution in [0.4, 0.5) is 9.93 Å². The first-order valence-corrected chi connectivity index (χ1v) is 12.5. The number of aromatic nitrogens is 1. The molecule has 3 heterocycles. The number of hydrogen-bond donors (Lipinski definition) is 2. The average Bonchev–Trinajstić information content (AvgIpc) is 3.22. The maximum atomic E-state index is 13.3. The van der Waals surface area contributed by atoms with Crippen molar-refractivity contribution in [2.24, 2.45) is 17.3 Å². The summed E-state index contributed by atoms with van der Waals surface area (Å²) in [5, 5.41) is 8.24. The van der Waals surface area contributed by atoms with Crippen LogP contribution in [-0.2, 0) is 14.4 Å². The third-order valence-corrected chi connectivity index (χ3v) is 7.86. The van der Waals surface area contributed by atoms with Gasteiger partial charge in [-0.3, -0.25) is 19.3 Å². The van der Waals surface area contributed by atoms with Crippen LogP contribution in [-0.4, -0.2) is 63.7 Å². The van der Waals surface area contributed by atoms with Crippen LogP contribution in [0.25, 0.3) is 0 Å². The summed E-state index contributed by atoms with van der Waals surface area (Å²) in [6, 6.07) is -0.480. The fourth-order valence-corrected chi connectivity index (χ4v) is 6.59. The topological polar surface area (TPSA) is 112 Å². The van der Waals surface area contributed by atoms with Crippen LogP contribution in [0, 0.1) is 24.2 Å². The van der Waals surface area contributed by atoms with Crippen LogP contribution >= 0.6 is 11.3 Å². The van der Waals surface area contributed by atoms with Gasteiger partial charge in [-0.1, -0.05) is 20.8 Å². The highest BCUT2D eigenvalue weighted by atomic mass is 32.1. The van der Waals surface area contributed by atoms with Crippen molar-refractivity contribution in [2.45, 2.75) is 65.3 Å². The number of thiazole rings is 1. The average molecular weight is 476 g/mol. The number of urea groups is 1. The number of likely N-dealkylation sites (tertiary alicyclic amines) is 1. The summed E-state index contributed by atoms with van der Waals surface area (Å²) in [4.78, 5) is 58.4. The van der Waals surface area contributed by atoms with Crippen molar-refractivity contribution in [1.29, 1.82) is 0 Å². The summed E-state index contributed by atoms with van der Waals surface area (Å²) in [6.45, 7) is 8.81. The van der Waals surface area contributed by atoms with E-state index in [1.165, 1.54) is 11.3 Å². The van der Waals surface area contributed by atoms with Gasteiger partial charge in [-0.2, -0.15) is 0 Å². The third kappa shape index (κ3) is 4.90. The van der Waals surface area contributed by atoms with Gasteiger partial charge in [0.05, 0.1) is 5.69 Å². The minimum Gasteiger partial charge on any atom is -0.341 e. The van der Waals surface area contributed by atoms with Gasteiger partial charge in [-0.15, -0.1) is 11.3 Å². The molecule has 1 spiro atoms. The van der Waals surface area contributed by atoms with Crippen LogP contribution in [0.5, 0.6) is 0 Å². The first-order chi connectivity index (χ1) is 15.5. The lowest BCUT2D eigenvalue weighted by Gasteiger charge is -2.43. The van der Waals surface area contributed by atoms with E-state index >= 15 is 0 Å². The second-order valence-corrected chi connectivity index (χ2v) is 11.6. The maximum Gasteiger partial charge on any atom is 0.325 e. The van der Waals surface area contributed by atoms with Crippen molar-refractivity contribution >= 4 is 40.2 Å². The van der Waals surface area contributed by atoms with E-state index in [1.807, 2.05) is 12.3 Å². The molecule has 0 aromatic carbocycles. The van der Waals surface area contributed by atoms with Gasteiger partial charge < -0.3 is 15.5 Å². The van der Waals surface area contributed by atoms with Gasteiger partial charge >= 0.3 is 6.03 Å². The summed E-state index contributed by atoms with van der Waals surface area (Å²) in [7, 11) is 0. The fourth-order valence-electron chi connectivity index (χ4n) is 5.89. The van der Waals surface area contributed by atoms with Crippen LogP contribution in [0.3, 0.4) is 0 Å². The Kier molecular flexibility index (Phi) is 6.24. The van der Waals surface area contributed by atoms with Gasteiger partial charge in [-0.05, 0) is 50.4 Å². The van der Waals surface area contributed by atoms with Crippen LogP contribution in [0.15, 0.2) is 5.38 Å². The molecule has 1 aromatic rings. The molecule has 10 heteroatoms. The SMILES string of the molecule is Cc1csc(NC(=O)C2CCN(C(=O)CN3C(=O)NC4(CC(C)CC(C)(C)C4)C3=O)CC2)n1. The molecule has 2 atom stereocenters. The van der Waals surface area contributed by atoms with Gasteiger partial charge in [0.25, 0.3) is 5.91 Å². The Morgan fingerprint density at radius 2 is 1.94 bits per heavy atom. The number of anilines is 1. The number of amides is 5. The second-order valence-electron chi connectivity index (χ2n) is 10.7. The van der Waals surface area contributed by atoms with E-state index in [-0.39, 0.29) is 35.6 Å². The van der Waals surface area contributed by atoms with Gasteiger partial charge in [0.15, 0.2) is 5.13 Å². The molecular weight excluding hydrogens is 442 g/mol. The van der Waals surface area contributed by atoms with E-state index in [9.17, 15) is 19.2 Å². The molecule has 9 nitrogen and oxygen atoms in total. The summed E-state index contributed by atoms with van der Waals surface area (Å²) >= 11 is 1.39. The van der Waals surface area contributed by atoms with Gasteiger partial charge in [0.1, 0.15) is 12.1 Å². The van der Waals surface area contributed by atoms with E-state index in [0.717, 1.165) is 17.0 Å². The molecular formula is C23H33N5O4S. The number of nitrogens with one attached hydrogen (secondary N) is 2. The largest absolute Gasteiger partial charge is 0.341 e. The quantitative estimate of drug-likeness (QED) is 0.651. The Hall–Kier alpha value is -2.49. The molecule has 1 aliphatic carbocycles. The van der Waals surface area contributed by atoms with E-state index < -0.39 is 11.6 Å². The van der Waals surface area contributed by atoms with Crippen molar-refractivity contribution in [1.82, 2.24) is 20.1 Å². The summed E-state index contributed by atoms with van der Waals surface area (Å²) < 4.78 is 0. The van der Waals surface area contributed by atoms with Crippen molar-refractivity contribution in [3.05, 3.63) is 11.1 Å². The highest BCUT2D eigenvalue weighted by Gasteiger charge is 2.56. The minimum atomic E-state index is -0.905. The Labute approximate surface area is 198 Å². The first kappa shape index (κ1) is 23.7. The van der Waals surface area contributed by atoms with Crippen LogP contribution < -0.4 is 10.6 Å². The van der Waals surface area contributed by atoms with Crippen LogP contribution in [0.1, 0.15) is 58.6 Å². The van der Waals surface area contributed by atoms with E-state index in [2.05, 4.69) is 36.4 Å². The molecule has 3 fully saturated rings. The molecule has 4 rings (SSSR count). The van der Waals surface area contributed by atoms with E-state index in [0.29, 0.717) is 49.8 Å². The molecule has 2 N–H and O–H groups in total. The van der Waals surface area contributed by atoms with Gasteiger partial charge in [0.2, 0.25) is 11.8 Å². The normalized spacial score (nSPS) is 27.7. The van der Waals surface area contributed by atoms with Gasteiger partial charge in [-0.25, -0.2) is 9.78 Å². The molecule has 0 bridgehead atoms. The number of piperidine rings is 1. The third-order valence-electron chi connectivity index (χ3n) is 6.99. The molecule has 3 aliphatic rings. The molecule has 33 heavy (non-hydrogen) atoms. The Morgan fingerprint density at radius 3 is 2.55 bits per heavy atom. The lowest BCUT2D eigenvalue weighted by Crippen LogP contribution is -2.54. The fraction of sp³-hybridized carbons (Fsp3) is 0.696. The Balaban J connectivity index is 1.32. The molecule has 1 aromatic heterocycles. The zero-order chi connectivity index (χ0) is 24.0. The van der Waals surface area contributed by atoms with Gasteiger partial charge in [0, 0.05) is 24.4 Å².